The summed E-state index contributed by atoms with van der Waals surface area (Å²) in [6.07, 6.45) is 0.0131. The maximum atomic E-state index is 12.8. The average molecular weight is 387 g/mol. The van der Waals surface area contributed by atoms with Crippen LogP contribution in [0.3, 0.4) is 0 Å². The lowest BCUT2D eigenvalue weighted by Gasteiger charge is -2.19. The second kappa shape index (κ2) is 10.2. The van der Waals surface area contributed by atoms with Crippen LogP contribution in [0.1, 0.15) is 35.3 Å². The summed E-state index contributed by atoms with van der Waals surface area (Å²) in [5, 5.41) is 2.89. The van der Waals surface area contributed by atoms with Crippen LogP contribution < -0.4 is 19.5 Å². The zero-order chi connectivity index (χ0) is 20.5. The molecule has 2 rings (SSSR count). The zero-order valence-electron chi connectivity index (χ0n) is 16.5. The van der Waals surface area contributed by atoms with E-state index in [4.69, 9.17) is 18.9 Å². The first-order chi connectivity index (χ1) is 13.5. The minimum Gasteiger partial charge on any atom is -0.497 e. The maximum Gasteiger partial charge on any atom is 0.308 e. The molecule has 1 N–H and O–H groups in total. The molecule has 0 saturated heterocycles. The van der Waals surface area contributed by atoms with Crippen LogP contribution in [0.15, 0.2) is 42.5 Å². The molecule has 28 heavy (non-hydrogen) atoms. The van der Waals surface area contributed by atoms with E-state index in [1.165, 1.54) is 14.2 Å². The highest BCUT2D eigenvalue weighted by molar-refractivity contribution is 5.95. The van der Waals surface area contributed by atoms with Crippen LogP contribution in [-0.2, 0) is 9.53 Å². The van der Waals surface area contributed by atoms with Gasteiger partial charge >= 0.3 is 5.97 Å². The Morgan fingerprint density at radius 3 is 2.18 bits per heavy atom. The molecule has 0 bridgehead atoms. The molecule has 0 aliphatic rings. The molecule has 2 aromatic rings. The fourth-order valence-electron chi connectivity index (χ4n) is 2.69. The van der Waals surface area contributed by atoms with E-state index in [0.717, 1.165) is 5.56 Å². The molecule has 1 atom stereocenters. The Labute approximate surface area is 164 Å². The molecule has 0 heterocycles. The Kier molecular flexibility index (Phi) is 7.68. The number of methoxy groups -OCH3 is 3. The minimum atomic E-state index is -0.550. The molecule has 0 aliphatic heterocycles. The van der Waals surface area contributed by atoms with Gasteiger partial charge in [0.05, 0.1) is 40.4 Å². The Morgan fingerprint density at radius 1 is 0.929 bits per heavy atom. The second-order valence-corrected chi connectivity index (χ2v) is 5.88. The number of carbonyl (C=O) groups is 2. The first kappa shape index (κ1) is 21.1. The Hall–Kier alpha value is -3.22. The van der Waals surface area contributed by atoms with Crippen LogP contribution in [0.25, 0.3) is 0 Å². The zero-order valence-corrected chi connectivity index (χ0v) is 16.5. The van der Waals surface area contributed by atoms with E-state index in [-0.39, 0.29) is 18.9 Å². The van der Waals surface area contributed by atoms with Gasteiger partial charge < -0.3 is 24.3 Å². The lowest BCUT2D eigenvalue weighted by atomic mass is 10.0. The standard InChI is InChI=1S/C21H25NO6/c1-5-28-20(23)13-17(14-6-9-16(25-2)10-7-14)22-21(24)15-8-11-18(26-3)19(12-15)27-4/h6-12,17H,5,13H2,1-4H3,(H,22,24)/t17-/m1/s1. The van der Waals surface area contributed by atoms with Crippen molar-refractivity contribution < 1.29 is 28.5 Å². The summed E-state index contributed by atoms with van der Waals surface area (Å²) in [6.45, 7) is 2.01. The van der Waals surface area contributed by atoms with Gasteiger partial charge in [0.25, 0.3) is 5.91 Å². The number of ether oxygens (including phenoxy) is 4. The Bertz CT molecular complexity index is 803. The van der Waals surface area contributed by atoms with Crippen molar-refractivity contribution in [2.45, 2.75) is 19.4 Å². The summed E-state index contributed by atoms with van der Waals surface area (Å²) in [6, 6.07) is 11.5. The molecule has 0 radical (unpaired) electrons. The molecule has 1 amide bonds. The van der Waals surface area contributed by atoms with Gasteiger partial charge in [0.2, 0.25) is 0 Å². The Morgan fingerprint density at radius 2 is 1.61 bits per heavy atom. The number of esters is 1. The highest BCUT2D eigenvalue weighted by Gasteiger charge is 2.21. The number of hydrogen-bond donors (Lipinski definition) is 1. The van der Waals surface area contributed by atoms with E-state index in [1.54, 1.807) is 56.5 Å². The molecular formula is C21H25NO6. The van der Waals surface area contributed by atoms with Crippen LogP contribution in [0.2, 0.25) is 0 Å². The lowest BCUT2D eigenvalue weighted by Crippen LogP contribution is -2.30. The van der Waals surface area contributed by atoms with Gasteiger partial charge in [-0.25, -0.2) is 0 Å². The molecule has 0 unspecified atom stereocenters. The fraction of sp³-hybridized carbons (Fsp3) is 0.333. The number of hydrogen-bond acceptors (Lipinski definition) is 6. The predicted molar refractivity (Wildman–Crippen MR) is 104 cm³/mol. The van der Waals surface area contributed by atoms with E-state index in [1.807, 2.05) is 0 Å². The summed E-state index contributed by atoms with van der Waals surface area (Å²) in [4.78, 5) is 24.8. The molecule has 0 aromatic heterocycles. The molecule has 7 heteroatoms. The molecule has 0 spiro atoms. The maximum absolute atomic E-state index is 12.8. The third-order valence-corrected chi connectivity index (χ3v) is 4.15. The van der Waals surface area contributed by atoms with Crippen molar-refractivity contribution in [3.05, 3.63) is 53.6 Å². The largest absolute Gasteiger partial charge is 0.497 e. The fourth-order valence-corrected chi connectivity index (χ4v) is 2.69. The molecule has 0 fully saturated rings. The van der Waals surface area contributed by atoms with E-state index >= 15 is 0 Å². The molecular weight excluding hydrogens is 362 g/mol. The summed E-state index contributed by atoms with van der Waals surface area (Å²) < 4.78 is 20.6. The normalized spacial score (nSPS) is 11.3. The predicted octanol–water partition coefficient (Wildman–Crippen LogP) is 3.14. The SMILES string of the molecule is CCOC(=O)C[C@@H](NC(=O)c1ccc(OC)c(OC)c1)c1ccc(OC)cc1. The van der Waals surface area contributed by atoms with E-state index < -0.39 is 12.0 Å². The second-order valence-electron chi connectivity index (χ2n) is 5.88. The van der Waals surface area contributed by atoms with Crippen molar-refractivity contribution in [3.63, 3.8) is 0 Å². The van der Waals surface area contributed by atoms with Gasteiger partial charge in [0, 0.05) is 5.56 Å². The third-order valence-electron chi connectivity index (χ3n) is 4.15. The number of rotatable bonds is 9. The minimum absolute atomic E-state index is 0.0131. The van der Waals surface area contributed by atoms with Crippen molar-refractivity contribution in [1.29, 1.82) is 0 Å². The van der Waals surface area contributed by atoms with Crippen molar-refractivity contribution in [1.82, 2.24) is 5.32 Å². The molecule has 0 aliphatic carbocycles. The molecule has 2 aromatic carbocycles. The highest BCUT2D eigenvalue weighted by Crippen LogP contribution is 2.28. The van der Waals surface area contributed by atoms with Gasteiger partial charge in [-0.15, -0.1) is 0 Å². The summed E-state index contributed by atoms with van der Waals surface area (Å²) in [7, 11) is 4.60. The van der Waals surface area contributed by atoms with Crippen LogP contribution in [0, 0.1) is 0 Å². The average Bonchev–Trinajstić information content (AvgIpc) is 2.72. The molecule has 150 valence electrons. The first-order valence-corrected chi connectivity index (χ1v) is 8.84. The van der Waals surface area contributed by atoms with Crippen molar-refractivity contribution in [3.8, 4) is 17.2 Å². The Balaban J connectivity index is 2.25. The van der Waals surface area contributed by atoms with Crippen LogP contribution in [0.4, 0.5) is 0 Å². The topological polar surface area (TPSA) is 83.1 Å². The highest BCUT2D eigenvalue weighted by atomic mass is 16.5. The quantitative estimate of drug-likeness (QED) is 0.666. The van der Waals surface area contributed by atoms with Gasteiger partial charge in [0.15, 0.2) is 11.5 Å². The van der Waals surface area contributed by atoms with Gasteiger partial charge in [-0.2, -0.15) is 0 Å². The van der Waals surface area contributed by atoms with Crippen LogP contribution in [0.5, 0.6) is 17.2 Å². The number of benzene rings is 2. The van der Waals surface area contributed by atoms with Crippen molar-refractivity contribution in [2.75, 3.05) is 27.9 Å². The lowest BCUT2D eigenvalue weighted by molar-refractivity contribution is -0.143. The number of nitrogens with one attached hydrogen (secondary N) is 1. The third kappa shape index (κ3) is 5.39. The van der Waals surface area contributed by atoms with E-state index in [0.29, 0.717) is 22.8 Å². The van der Waals surface area contributed by atoms with E-state index in [2.05, 4.69) is 5.32 Å². The molecule has 7 nitrogen and oxygen atoms in total. The van der Waals surface area contributed by atoms with Gasteiger partial charge in [-0.1, -0.05) is 12.1 Å². The summed E-state index contributed by atoms with van der Waals surface area (Å²) in [5.41, 5.74) is 1.16. The first-order valence-electron chi connectivity index (χ1n) is 8.84. The summed E-state index contributed by atoms with van der Waals surface area (Å²) >= 11 is 0. The van der Waals surface area contributed by atoms with Crippen LogP contribution >= 0.6 is 0 Å². The number of carbonyl (C=O) groups excluding carboxylic acids is 2. The summed E-state index contributed by atoms with van der Waals surface area (Å²) in [5.74, 6) is 0.922. The molecule has 0 saturated carbocycles. The van der Waals surface area contributed by atoms with Gasteiger partial charge in [-0.3, -0.25) is 9.59 Å². The smallest absolute Gasteiger partial charge is 0.308 e. The monoisotopic (exact) mass is 387 g/mol. The van der Waals surface area contributed by atoms with Gasteiger partial charge in [0.1, 0.15) is 5.75 Å². The number of amides is 1. The van der Waals surface area contributed by atoms with Gasteiger partial charge in [-0.05, 0) is 42.8 Å². The van der Waals surface area contributed by atoms with Crippen molar-refractivity contribution in [2.24, 2.45) is 0 Å². The van der Waals surface area contributed by atoms with Crippen molar-refractivity contribution >= 4 is 11.9 Å². The van der Waals surface area contributed by atoms with E-state index in [9.17, 15) is 9.59 Å². The van der Waals surface area contributed by atoms with Crippen LogP contribution in [-0.4, -0.2) is 39.8 Å².